The molecule has 1 aliphatic carbocycles. The van der Waals surface area contributed by atoms with Crippen LogP contribution in [0.15, 0.2) is 49.2 Å². The Labute approximate surface area is 208 Å². The van der Waals surface area contributed by atoms with Gasteiger partial charge in [-0.25, -0.2) is 4.98 Å². The van der Waals surface area contributed by atoms with Gasteiger partial charge in [-0.15, -0.1) is 0 Å². The minimum atomic E-state index is -0.484. The van der Waals surface area contributed by atoms with Gasteiger partial charge in [0.25, 0.3) is 5.56 Å². The van der Waals surface area contributed by atoms with E-state index < -0.39 is 5.97 Å². The van der Waals surface area contributed by atoms with E-state index in [1.807, 2.05) is 12.1 Å². The second-order valence-electron chi connectivity index (χ2n) is 7.95. The molecule has 0 atom stereocenters. The molecule has 33 heavy (non-hydrogen) atoms. The molecule has 1 aliphatic rings. The number of rotatable bonds is 5. The van der Waals surface area contributed by atoms with Crippen LogP contribution in [-0.2, 0) is 4.79 Å². The van der Waals surface area contributed by atoms with Crippen LogP contribution in [0.25, 0.3) is 10.9 Å². The van der Waals surface area contributed by atoms with Crippen molar-refractivity contribution >= 4 is 54.9 Å². The molecule has 4 rings (SSSR count). The summed E-state index contributed by atoms with van der Waals surface area (Å²) in [5.41, 5.74) is 0.904. The van der Waals surface area contributed by atoms with E-state index in [9.17, 15) is 9.59 Å². The lowest BCUT2D eigenvalue weighted by molar-refractivity contribution is -0.132. The van der Waals surface area contributed by atoms with Crippen molar-refractivity contribution in [2.75, 3.05) is 7.11 Å². The third kappa shape index (κ3) is 5.19. The first-order valence-electron chi connectivity index (χ1n) is 10.7. The lowest BCUT2D eigenvalue weighted by atomic mass is 9.88. The van der Waals surface area contributed by atoms with Crippen molar-refractivity contribution in [3.05, 3.63) is 61.0 Å². The van der Waals surface area contributed by atoms with E-state index in [4.69, 9.17) is 14.5 Å². The van der Waals surface area contributed by atoms with Crippen LogP contribution in [0.1, 0.15) is 56.3 Å². The zero-order chi connectivity index (χ0) is 23.5. The highest BCUT2D eigenvalue weighted by Gasteiger charge is 2.23. The van der Waals surface area contributed by atoms with Gasteiger partial charge in [0.05, 0.1) is 24.2 Å². The topological polar surface area (TPSA) is 82.8 Å². The molecule has 7 nitrogen and oxygen atoms in total. The third-order valence-electron chi connectivity index (χ3n) is 5.63. The number of methoxy groups -OCH3 is 1. The number of hydrogen-bond acceptors (Lipinski definition) is 6. The molecule has 9 heteroatoms. The van der Waals surface area contributed by atoms with Gasteiger partial charge in [0, 0.05) is 27.4 Å². The number of esters is 1. The minimum Gasteiger partial charge on any atom is -0.493 e. The van der Waals surface area contributed by atoms with Gasteiger partial charge >= 0.3 is 5.97 Å². The molecule has 1 heterocycles. The van der Waals surface area contributed by atoms with E-state index in [0.29, 0.717) is 28.0 Å². The third-order valence-corrected chi connectivity index (χ3v) is 6.58. The summed E-state index contributed by atoms with van der Waals surface area (Å²) >= 11 is 6.88. The summed E-state index contributed by atoms with van der Waals surface area (Å²) in [6, 6.07) is 8.93. The Kier molecular flexibility index (Phi) is 7.29. The largest absolute Gasteiger partial charge is 0.493 e. The van der Waals surface area contributed by atoms with Gasteiger partial charge in [-0.3, -0.25) is 9.59 Å². The molecule has 0 unspecified atom stereocenters. The molecule has 0 spiro atoms. The zero-order valence-electron chi connectivity index (χ0n) is 18.3. The maximum Gasteiger partial charge on any atom is 0.308 e. The SMILES string of the molecule is COc1cc(Br)cc(C=Nn2c(C3CCCCC3)nc3ccc(Br)cc3c2=O)c1OC(C)=O. The van der Waals surface area contributed by atoms with Gasteiger partial charge in [-0.2, -0.15) is 9.78 Å². The smallest absolute Gasteiger partial charge is 0.308 e. The number of aromatic nitrogens is 2. The average Bonchev–Trinajstić information content (AvgIpc) is 2.80. The minimum absolute atomic E-state index is 0.154. The van der Waals surface area contributed by atoms with E-state index in [0.717, 1.165) is 34.6 Å². The second kappa shape index (κ2) is 10.2. The Morgan fingerprint density at radius 3 is 2.61 bits per heavy atom. The summed E-state index contributed by atoms with van der Waals surface area (Å²) in [5.74, 6) is 0.938. The number of carbonyl (C=O) groups excluding carboxylic acids is 1. The molecule has 1 fully saturated rings. The summed E-state index contributed by atoms with van der Waals surface area (Å²) in [7, 11) is 1.49. The van der Waals surface area contributed by atoms with E-state index in [-0.39, 0.29) is 17.2 Å². The molecule has 2 aromatic carbocycles. The van der Waals surface area contributed by atoms with Gasteiger partial charge in [-0.1, -0.05) is 51.1 Å². The normalized spacial score (nSPS) is 14.7. The van der Waals surface area contributed by atoms with E-state index in [2.05, 4.69) is 37.0 Å². The van der Waals surface area contributed by atoms with Crippen molar-refractivity contribution in [3.8, 4) is 11.5 Å². The molecule has 0 bridgehead atoms. The summed E-state index contributed by atoms with van der Waals surface area (Å²) < 4.78 is 13.7. The fraction of sp³-hybridized carbons (Fsp3) is 0.333. The molecule has 0 radical (unpaired) electrons. The van der Waals surface area contributed by atoms with Crippen LogP contribution in [0.5, 0.6) is 11.5 Å². The monoisotopic (exact) mass is 575 g/mol. The fourth-order valence-corrected chi connectivity index (χ4v) is 4.93. The van der Waals surface area contributed by atoms with Gasteiger partial charge in [0.15, 0.2) is 11.5 Å². The van der Waals surface area contributed by atoms with Crippen LogP contribution in [0, 0.1) is 0 Å². The van der Waals surface area contributed by atoms with E-state index in [1.165, 1.54) is 31.3 Å². The maximum atomic E-state index is 13.5. The van der Waals surface area contributed by atoms with Crippen molar-refractivity contribution in [2.45, 2.75) is 44.9 Å². The average molecular weight is 577 g/mol. The van der Waals surface area contributed by atoms with Gasteiger partial charge in [0.1, 0.15) is 5.82 Å². The standard InChI is InChI=1S/C24H23Br2N3O4/c1-14(30)33-22-16(10-18(26)12-21(22)32-2)13-27-29-23(15-6-4-3-5-7-15)28-20-9-8-17(25)11-19(20)24(29)31/h8-13,15H,3-7H2,1-2H3. The van der Waals surface area contributed by atoms with Crippen LogP contribution in [0.3, 0.4) is 0 Å². The number of hydrogen-bond donors (Lipinski definition) is 0. The summed E-state index contributed by atoms with van der Waals surface area (Å²) in [5, 5.41) is 5.03. The molecule has 0 amide bonds. The highest BCUT2D eigenvalue weighted by molar-refractivity contribution is 9.10. The Morgan fingerprint density at radius 2 is 1.91 bits per heavy atom. The van der Waals surface area contributed by atoms with Crippen molar-refractivity contribution in [2.24, 2.45) is 5.10 Å². The molecule has 0 aliphatic heterocycles. The lowest BCUT2D eigenvalue weighted by Crippen LogP contribution is -2.25. The Bertz CT molecular complexity index is 1300. The number of carbonyl (C=O) groups is 1. The first-order chi connectivity index (χ1) is 15.9. The summed E-state index contributed by atoms with van der Waals surface area (Å²) in [4.78, 5) is 30.0. The molecular formula is C24H23Br2N3O4. The number of fused-ring (bicyclic) bond motifs is 1. The second-order valence-corrected chi connectivity index (χ2v) is 9.78. The molecule has 3 aromatic rings. The quantitative estimate of drug-likeness (QED) is 0.218. The van der Waals surface area contributed by atoms with Crippen LogP contribution in [0.2, 0.25) is 0 Å². The van der Waals surface area contributed by atoms with Crippen molar-refractivity contribution in [3.63, 3.8) is 0 Å². The van der Waals surface area contributed by atoms with Gasteiger partial charge in [0.2, 0.25) is 0 Å². The fourth-order valence-electron chi connectivity index (χ4n) is 4.11. The Morgan fingerprint density at radius 1 is 1.15 bits per heavy atom. The maximum absolute atomic E-state index is 13.5. The molecule has 172 valence electrons. The summed E-state index contributed by atoms with van der Waals surface area (Å²) in [6.45, 7) is 1.32. The van der Waals surface area contributed by atoms with E-state index in [1.54, 1.807) is 18.2 Å². The van der Waals surface area contributed by atoms with Crippen LogP contribution in [0.4, 0.5) is 0 Å². The van der Waals surface area contributed by atoms with E-state index >= 15 is 0 Å². The highest BCUT2D eigenvalue weighted by atomic mass is 79.9. The first kappa shape index (κ1) is 23.6. The van der Waals surface area contributed by atoms with Crippen LogP contribution >= 0.6 is 31.9 Å². The van der Waals surface area contributed by atoms with Gasteiger partial charge < -0.3 is 9.47 Å². The number of nitrogens with zero attached hydrogens (tertiary/aromatic N) is 3. The van der Waals surface area contributed by atoms with Crippen molar-refractivity contribution in [1.82, 2.24) is 9.66 Å². The molecule has 0 N–H and O–H groups in total. The molecular weight excluding hydrogens is 554 g/mol. The molecule has 0 saturated heterocycles. The van der Waals surface area contributed by atoms with Gasteiger partial charge in [-0.05, 0) is 43.2 Å². The first-order valence-corrected chi connectivity index (χ1v) is 12.3. The lowest BCUT2D eigenvalue weighted by Gasteiger charge is -2.22. The Hall–Kier alpha value is -2.52. The van der Waals surface area contributed by atoms with Crippen LogP contribution < -0.4 is 15.0 Å². The van der Waals surface area contributed by atoms with Crippen molar-refractivity contribution in [1.29, 1.82) is 0 Å². The summed E-state index contributed by atoms with van der Waals surface area (Å²) in [6.07, 6.45) is 6.82. The number of halogens is 2. The number of benzene rings is 2. The van der Waals surface area contributed by atoms with Crippen LogP contribution in [-0.4, -0.2) is 29.0 Å². The zero-order valence-corrected chi connectivity index (χ0v) is 21.5. The van der Waals surface area contributed by atoms with Crippen molar-refractivity contribution < 1.29 is 14.3 Å². The predicted molar refractivity (Wildman–Crippen MR) is 135 cm³/mol. The molecule has 1 saturated carbocycles. The molecule has 1 aromatic heterocycles. The number of ether oxygens (including phenoxy) is 2. The highest BCUT2D eigenvalue weighted by Crippen LogP contribution is 2.35. The Balaban J connectivity index is 1.89. The predicted octanol–water partition coefficient (Wildman–Crippen LogP) is 5.79.